The molecule has 1 amide bonds. The number of piperidine rings is 1. The summed E-state index contributed by atoms with van der Waals surface area (Å²) in [5.74, 6) is 0.391. The van der Waals surface area contributed by atoms with E-state index in [1.165, 1.54) is 6.07 Å². The summed E-state index contributed by atoms with van der Waals surface area (Å²) in [5, 5.41) is 0.483. The van der Waals surface area contributed by atoms with Crippen LogP contribution in [0.15, 0.2) is 42.6 Å². The molecule has 0 aliphatic carbocycles. The summed E-state index contributed by atoms with van der Waals surface area (Å²) in [5.41, 5.74) is 1.57. The van der Waals surface area contributed by atoms with Crippen LogP contribution in [0.1, 0.15) is 36.9 Å². The van der Waals surface area contributed by atoms with Gasteiger partial charge in [0.25, 0.3) is 0 Å². The smallest absolute Gasteiger partial charge is 0.222 e. The van der Waals surface area contributed by atoms with Gasteiger partial charge in [-0.1, -0.05) is 23.7 Å². The number of aromatic nitrogens is 1. The van der Waals surface area contributed by atoms with Crippen LogP contribution in [-0.2, 0) is 17.8 Å². The average molecular weight is 418 g/mol. The number of pyridine rings is 1. The van der Waals surface area contributed by atoms with Crippen molar-refractivity contribution in [1.82, 2.24) is 14.8 Å². The third-order valence-electron chi connectivity index (χ3n) is 5.67. The molecule has 0 N–H and O–H groups in total. The summed E-state index contributed by atoms with van der Waals surface area (Å²) >= 11 is 6.18. The van der Waals surface area contributed by atoms with E-state index >= 15 is 0 Å². The molecule has 0 unspecified atom stereocenters. The summed E-state index contributed by atoms with van der Waals surface area (Å²) in [6.07, 6.45) is 6.16. The molecule has 4 nitrogen and oxygen atoms in total. The van der Waals surface area contributed by atoms with Crippen LogP contribution in [-0.4, -0.2) is 47.4 Å². The Bertz CT molecular complexity index is 782. The number of nitrogens with zero attached hydrogens (tertiary/aromatic N) is 3. The Morgan fingerprint density at radius 2 is 2.17 bits per heavy atom. The van der Waals surface area contributed by atoms with Gasteiger partial charge in [0, 0.05) is 62.0 Å². The minimum atomic E-state index is -0.246. The molecule has 1 atom stereocenters. The normalized spacial score (nSPS) is 17.3. The number of hydrogen-bond donors (Lipinski definition) is 0. The zero-order valence-electron chi connectivity index (χ0n) is 17.0. The van der Waals surface area contributed by atoms with E-state index in [2.05, 4.69) is 9.88 Å². The fourth-order valence-corrected chi connectivity index (χ4v) is 4.13. The van der Waals surface area contributed by atoms with Gasteiger partial charge < -0.3 is 4.90 Å². The van der Waals surface area contributed by atoms with E-state index in [0.717, 1.165) is 44.5 Å². The van der Waals surface area contributed by atoms with E-state index < -0.39 is 0 Å². The van der Waals surface area contributed by atoms with Gasteiger partial charge in [0.05, 0.1) is 0 Å². The predicted molar refractivity (Wildman–Crippen MR) is 114 cm³/mol. The van der Waals surface area contributed by atoms with Gasteiger partial charge >= 0.3 is 0 Å². The van der Waals surface area contributed by atoms with E-state index in [1.54, 1.807) is 23.2 Å². The second kappa shape index (κ2) is 10.7. The standard InChI is InChI=1S/C23H29ClFN3O/c1-27(15-12-19-7-2-3-13-26-19)23(29)11-10-18-6-5-14-28(16-18)17-20-21(24)8-4-9-22(20)25/h2-4,7-9,13,18H,5-6,10-12,14-17H2,1H3/t18-/m0/s1. The van der Waals surface area contributed by atoms with Crippen molar-refractivity contribution in [3.8, 4) is 0 Å². The summed E-state index contributed by atoms with van der Waals surface area (Å²) < 4.78 is 14.1. The molecule has 1 aromatic carbocycles. The predicted octanol–water partition coefficient (Wildman–Crippen LogP) is 4.57. The second-order valence-electron chi connectivity index (χ2n) is 7.87. The van der Waals surface area contributed by atoms with E-state index in [9.17, 15) is 9.18 Å². The van der Waals surface area contributed by atoms with Crippen molar-refractivity contribution in [2.24, 2.45) is 5.92 Å². The maximum atomic E-state index is 14.1. The van der Waals surface area contributed by atoms with E-state index in [0.29, 0.717) is 36.0 Å². The topological polar surface area (TPSA) is 36.4 Å². The number of rotatable bonds is 8. The number of amides is 1. The fourth-order valence-electron chi connectivity index (χ4n) is 3.91. The molecule has 0 radical (unpaired) electrons. The number of carbonyl (C=O) groups excluding carboxylic acids is 1. The molecular weight excluding hydrogens is 389 g/mol. The highest BCUT2D eigenvalue weighted by molar-refractivity contribution is 6.31. The molecule has 3 rings (SSSR count). The first kappa shape index (κ1) is 21.7. The van der Waals surface area contributed by atoms with Gasteiger partial charge in [0.1, 0.15) is 5.82 Å². The van der Waals surface area contributed by atoms with E-state index in [-0.39, 0.29) is 11.7 Å². The van der Waals surface area contributed by atoms with Crippen LogP contribution in [0.2, 0.25) is 5.02 Å². The molecular formula is C23H29ClFN3O. The molecule has 0 saturated carbocycles. The monoisotopic (exact) mass is 417 g/mol. The van der Waals surface area contributed by atoms with Crippen LogP contribution in [0.3, 0.4) is 0 Å². The van der Waals surface area contributed by atoms with Crippen molar-refractivity contribution < 1.29 is 9.18 Å². The summed E-state index contributed by atoms with van der Waals surface area (Å²) in [7, 11) is 1.86. The molecule has 1 aliphatic heterocycles. The van der Waals surface area contributed by atoms with Crippen LogP contribution in [0.25, 0.3) is 0 Å². The largest absolute Gasteiger partial charge is 0.345 e. The van der Waals surface area contributed by atoms with Crippen molar-refractivity contribution in [3.05, 3.63) is 64.7 Å². The average Bonchev–Trinajstić information content (AvgIpc) is 2.74. The van der Waals surface area contributed by atoms with Gasteiger partial charge in [-0.25, -0.2) is 4.39 Å². The minimum absolute atomic E-state index is 0.176. The van der Waals surface area contributed by atoms with Gasteiger partial charge in [-0.05, 0) is 56.0 Å². The lowest BCUT2D eigenvalue weighted by Crippen LogP contribution is -2.36. The van der Waals surface area contributed by atoms with Gasteiger partial charge in [-0.3, -0.25) is 14.7 Å². The first-order valence-electron chi connectivity index (χ1n) is 10.3. The van der Waals surface area contributed by atoms with Crippen LogP contribution in [0, 0.1) is 11.7 Å². The Hall–Kier alpha value is -1.98. The summed E-state index contributed by atoms with van der Waals surface area (Å²) in [6, 6.07) is 10.7. The maximum Gasteiger partial charge on any atom is 0.222 e. The Morgan fingerprint density at radius 1 is 1.31 bits per heavy atom. The first-order valence-corrected chi connectivity index (χ1v) is 10.7. The highest BCUT2D eigenvalue weighted by Crippen LogP contribution is 2.26. The third-order valence-corrected chi connectivity index (χ3v) is 6.02. The van der Waals surface area contributed by atoms with Crippen LogP contribution < -0.4 is 0 Å². The van der Waals surface area contributed by atoms with Crippen molar-refractivity contribution >= 4 is 17.5 Å². The number of benzene rings is 1. The summed E-state index contributed by atoms with van der Waals surface area (Å²) in [6.45, 7) is 3.03. The molecule has 0 spiro atoms. The molecule has 1 fully saturated rings. The molecule has 29 heavy (non-hydrogen) atoms. The number of likely N-dealkylation sites (tertiary alicyclic amines) is 1. The maximum absolute atomic E-state index is 14.1. The lowest BCUT2D eigenvalue weighted by molar-refractivity contribution is -0.130. The molecule has 156 valence electrons. The molecule has 1 aliphatic rings. The molecule has 1 saturated heterocycles. The Morgan fingerprint density at radius 3 is 2.93 bits per heavy atom. The van der Waals surface area contributed by atoms with Gasteiger partial charge in [0.2, 0.25) is 5.91 Å². The number of hydrogen-bond acceptors (Lipinski definition) is 3. The van der Waals surface area contributed by atoms with Crippen molar-refractivity contribution in [2.75, 3.05) is 26.7 Å². The zero-order valence-corrected chi connectivity index (χ0v) is 17.7. The molecule has 0 bridgehead atoms. The van der Waals surface area contributed by atoms with Crippen molar-refractivity contribution in [2.45, 2.75) is 38.6 Å². The Balaban J connectivity index is 1.43. The molecule has 1 aromatic heterocycles. The number of halogens is 2. The summed E-state index contributed by atoms with van der Waals surface area (Å²) in [4.78, 5) is 20.9. The number of carbonyl (C=O) groups is 1. The van der Waals surface area contributed by atoms with Crippen LogP contribution in [0.4, 0.5) is 4.39 Å². The third kappa shape index (κ3) is 6.51. The highest BCUT2D eigenvalue weighted by atomic mass is 35.5. The fraction of sp³-hybridized carbons (Fsp3) is 0.478. The van der Waals surface area contributed by atoms with Gasteiger partial charge in [0.15, 0.2) is 0 Å². The minimum Gasteiger partial charge on any atom is -0.345 e. The van der Waals surface area contributed by atoms with Crippen LogP contribution in [0.5, 0.6) is 0 Å². The Kier molecular flexibility index (Phi) is 8.01. The van der Waals surface area contributed by atoms with Crippen molar-refractivity contribution in [3.63, 3.8) is 0 Å². The lowest BCUT2D eigenvalue weighted by Gasteiger charge is -2.33. The highest BCUT2D eigenvalue weighted by Gasteiger charge is 2.23. The first-order chi connectivity index (χ1) is 14.0. The van der Waals surface area contributed by atoms with Gasteiger partial charge in [-0.15, -0.1) is 0 Å². The molecule has 2 heterocycles. The second-order valence-corrected chi connectivity index (χ2v) is 8.28. The van der Waals surface area contributed by atoms with E-state index in [4.69, 9.17) is 11.6 Å². The molecule has 2 aromatic rings. The lowest BCUT2D eigenvalue weighted by atomic mass is 9.93. The van der Waals surface area contributed by atoms with E-state index in [1.807, 2.05) is 25.2 Å². The van der Waals surface area contributed by atoms with Crippen molar-refractivity contribution in [1.29, 1.82) is 0 Å². The molecule has 6 heteroatoms. The van der Waals surface area contributed by atoms with Gasteiger partial charge in [-0.2, -0.15) is 0 Å². The number of likely N-dealkylation sites (N-methyl/N-ethyl adjacent to an activating group) is 1. The SMILES string of the molecule is CN(CCc1ccccn1)C(=O)CC[C@@H]1CCCN(Cc2c(F)cccc2Cl)C1. The Labute approximate surface area is 177 Å². The van der Waals surface area contributed by atoms with Crippen LogP contribution >= 0.6 is 11.6 Å². The zero-order chi connectivity index (χ0) is 20.6. The quantitative estimate of drug-likeness (QED) is 0.631.